The van der Waals surface area contributed by atoms with Crippen LogP contribution in [0, 0.1) is 0 Å². The van der Waals surface area contributed by atoms with Crippen LogP contribution in [0.25, 0.3) is 0 Å². The molecule has 128 valence electrons. The van der Waals surface area contributed by atoms with Gasteiger partial charge in [0.1, 0.15) is 5.75 Å². The van der Waals surface area contributed by atoms with E-state index in [1.165, 1.54) is 6.07 Å². The third-order valence-electron chi connectivity index (χ3n) is 3.98. The van der Waals surface area contributed by atoms with Gasteiger partial charge < -0.3 is 15.4 Å². The van der Waals surface area contributed by atoms with Crippen molar-refractivity contribution in [2.75, 3.05) is 6.61 Å². The largest absolute Gasteiger partial charge is 0.483 e. The lowest BCUT2D eigenvalue weighted by atomic mass is 10.1. The Balaban J connectivity index is 2.87. The molecule has 0 spiro atoms. The fourth-order valence-corrected chi connectivity index (χ4v) is 2.53. The van der Waals surface area contributed by atoms with Crippen LogP contribution in [0.2, 0.25) is 5.02 Å². The Morgan fingerprint density at radius 2 is 1.78 bits per heavy atom. The second-order valence-corrected chi connectivity index (χ2v) is 6.05. The fraction of sp³-hybridized carbons (Fsp3) is 0.529. The van der Waals surface area contributed by atoms with E-state index >= 15 is 0 Å². The van der Waals surface area contributed by atoms with E-state index in [4.69, 9.17) is 22.1 Å². The molecule has 2 atom stereocenters. The summed E-state index contributed by atoms with van der Waals surface area (Å²) in [5, 5.41) is 0.387. The number of primary amides is 1. The molecule has 5 nitrogen and oxygen atoms in total. The monoisotopic (exact) mass is 340 g/mol. The minimum atomic E-state index is -0.643. The summed E-state index contributed by atoms with van der Waals surface area (Å²) in [7, 11) is 0. The van der Waals surface area contributed by atoms with Crippen molar-refractivity contribution in [3.63, 3.8) is 0 Å². The van der Waals surface area contributed by atoms with Gasteiger partial charge in [-0.3, -0.25) is 9.59 Å². The molecule has 1 rings (SSSR count). The summed E-state index contributed by atoms with van der Waals surface area (Å²) in [5.41, 5.74) is 5.49. The predicted octanol–water partition coefficient (Wildman–Crippen LogP) is 3.24. The van der Waals surface area contributed by atoms with Crippen molar-refractivity contribution in [2.24, 2.45) is 5.73 Å². The highest BCUT2D eigenvalue weighted by molar-refractivity contribution is 6.31. The summed E-state index contributed by atoms with van der Waals surface area (Å²) in [6.45, 7) is 7.97. The van der Waals surface area contributed by atoms with Gasteiger partial charge in [0.05, 0.1) is 5.56 Å². The van der Waals surface area contributed by atoms with E-state index < -0.39 is 5.91 Å². The van der Waals surface area contributed by atoms with E-state index in [1.54, 1.807) is 12.1 Å². The van der Waals surface area contributed by atoms with Gasteiger partial charge in [-0.15, -0.1) is 0 Å². The molecule has 0 heterocycles. The van der Waals surface area contributed by atoms with Gasteiger partial charge in [0.15, 0.2) is 6.61 Å². The molecular weight excluding hydrogens is 316 g/mol. The first-order valence-electron chi connectivity index (χ1n) is 7.85. The van der Waals surface area contributed by atoms with Crippen molar-refractivity contribution in [1.29, 1.82) is 0 Å². The molecule has 23 heavy (non-hydrogen) atoms. The minimum absolute atomic E-state index is 0.112. The number of nitrogens with zero attached hydrogens (tertiary/aromatic N) is 1. The van der Waals surface area contributed by atoms with Crippen LogP contribution < -0.4 is 10.5 Å². The quantitative estimate of drug-likeness (QED) is 0.789. The van der Waals surface area contributed by atoms with Gasteiger partial charge in [-0.2, -0.15) is 0 Å². The van der Waals surface area contributed by atoms with Crippen LogP contribution in [0.5, 0.6) is 5.75 Å². The summed E-state index contributed by atoms with van der Waals surface area (Å²) in [4.78, 5) is 25.8. The zero-order chi connectivity index (χ0) is 17.6. The Morgan fingerprint density at radius 1 is 1.22 bits per heavy atom. The molecule has 0 aliphatic carbocycles. The number of benzene rings is 1. The summed E-state index contributed by atoms with van der Waals surface area (Å²) in [6, 6.07) is 4.83. The van der Waals surface area contributed by atoms with E-state index in [9.17, 15) is 9.59 Å². The number of carbonyl (C=O) groups is 2. The van der Waals surface area contributed by atoms with Crippen LogP contribution in [-0.2, 0) is 4.79 Å². The van der Waals surface area contributed by atoms with Crippen molar-refractivity contribution in [1.82, 2.24) is 4.90 Å². The predicted molar refractivity (Wildman–Crippen MR) is 91.8 cm³/mol. The Morgan fingerprint density at radius 3 is 2.26 bits per heavy atom. The Kier molecular flexibility index (Phi) is 7.36. The first kappa shape index (κ1) is 19.3. The lowest BCUT2D eigenvalue weighted by Crippen LogP contribution is -2.46. The highest BCUT2D eigenvalue weighted by atomic mass is 35.5. The molecule has 0 bridgehead atoms. The summed E-state index contributed by atoms with van der Waals surface area (Å²) in [5.74, 6) is -0.488. The molecule has 2 amide bonds. The fourth-order valence-electron chi connectivity index (χ4n) is 2.35. The molecule has 1 aromatic carbocycles. The van der Waals surface area contributed by atoms with Gasteiger partial charge in [-0.1, -0.05) is 25.4 Å². The Bertz CT molecular complexity index is 553. The number of hydrogen-bond acceptors (Lipinski definition) is 3. The second kappa shape index (κ2) is 8.77. The maximum Gasteiger partial charge on any atom is 0.260 e. The third-order valence-corrected chi connectivity index (χ3v) is 4.21. The molecule has 0 fully saturated rings. The van der Waals surface area contributed by atoms with Crippen molar-refractivity contribution in [2.45, 2.75) is 52.6 Å². The van der Waals surface area contributed by atoms with E-state index in [1.807, 2.05) is 32.6 Å². The van der Waals surface area contributed by atoms with Crippen molar-refractivity contribution >= 4 is 23.4 Å². The minimum Gasteiger partial charge on any atom is -0.483 e. The molecule has 0 saturated heterocycles. The zero-order valence-electron chi connectivity index (χ0n) is 14.1. The number of halogens is 1. The third kappa shape index (κ3) is 5.13. The average molecular weight is 341 g/mol. The molecule has 0 aliphatic heterocycles. The van der Waals surface area contributed by atoms with E-state index in [2.05, 4.69) is 0 Å². The summed E-state index contributed by atoms with van der Waals surface area (Å²) < 4.78 is 5.53. The van der Waals surface area contributed by atoms with Crippen LogP contribution in [0.4, 0.5) is 0 Å². The molecule has 0 unspecified atom stereocenters. The number of carbonyl (C=O) groups excluding carboxylic acids is 2. The lowest BCUT2D eigenvalue weighted by molar-refractivity contribution is -0.137. The normalized spacial score (nSPS) is 13.3. The first-order valence-corrected chi connectivity index (χ1v) is 8.22. The molecule has 6 heteroatoms. The van der Waals surface area contributed by atoms with Crippen LogP contribution in [0.3, 0.4) is 0 Å². The van der Waals surface area contributed by atoms with Gasteiger partial charge in [-0.05, 0) is 44.9 Å². The maximum atomic E-state index is 12.5. The zero-order valence-corrected chi connectivity index (χ0v) is 14.9. The summed E-state index contributed by atoms with van der Waals surface area (Å²) in [6.07, 6.45) is 1.73. The first-order chi connectivity index (χ1) is 10.8. The maximum absolute atomic E-state index is 12.5. The SMILES string of the molecule is CC[C@@H](C)N(C(=O)COc1ccc(Cl)cc1C(N)=O)[C@H](C)CC. The smallest absolute Gasteiger partial charge is 0.260 e. The van der Waals surface area contributed by atoms with Gasteiger partial charge in [0.25, 0.3) is 11.8 Å². The topological polar surface area (TPSA) is 72.6 Å². The van der Waals surface area contributed by atoms with Crippen LogP contribution in [0.15, 0.2) is 18.2 Å². The second-order valence-electron chi connectivity index (χ2n) is 5.61. The highest BCUT2D eigenvalue weighted by Crippen LogP contribution is 2.23. The molecule has 0 aromatic heterocycles. The van der Waals surface area contributed by atoms with Gasteiger partial charge in [0, 0.05) is 17.1 Å². The molecule has 0 aliphatic rings. The average Bonchev–Trinajstić information content (AvgIpc) is 2.53. The van der Waals surface area contributed by atoms with Gasteiger partial charge >= 0.3 is 0 Å². The summed E-state index contributed by atoms with van der Waals surface area (Å²) >= 11 is 5.86. The van der Waals surface area contributed by atoms with E-state index in [0.29, 0.717) is 5.02 Å². The van der Waals surface area contributed by atoms with Crippen LogP contribution >= 0.6 is 11.6 Å². The molecule has 1 aromatic rings. The molecule has 0 saturated carbocycles. The van der Waals surface area contributed by atoms with E-state index in [-0.39, 0.29) is 35.9 Å². The molecular formula is C17H25ClN2O3. The number of rotatable bonds is 8. The van der Waals surface area contributed by atoms with Crippen molar-refractivity contribution in [3.8, 4) is 5.75 Å². The van der Waals surface area contributed by atoms with E-state index in [0.717, 1.165) is 12.8 Å². The molecule has 0 radical (unpaired) electrons. The van der Waals surface area contributed by atoms with Gasteiger partial charge in [-0.25, -0.2) is 0 Å². The van der Waals surface area contributed by atoms with Crippen LogP contribution in [0.1, 0.15) is 50.9 Å². The van der Waals surface area contributed by atoms with Gasteiger partial charge in [0.2, 0.25) is 0 Å². The number of hydrogen-bond donors (Lipinski definition) is 1. The van der Waals surface area contributed by atoms with Crippen LogP contribution in [-0.4, -0.2) is 35.4 Å². The standard InChI is InChI=1S/C17H25ClN2O3/c1-5-11(3)20(12(4)6-2)16(21)10-23-15-8-7-13(18)9-14(15)17(19)22/h7-9,11-12H,5-6,10H2,1-4H3,(H2,19,22)/t11-,12-/m1/s1. The number of ether oxygens (including phenoxy) is 1. The lowest BCUT2D eigenvalue weighted by Gasteiger charge is -2.34. The number of nitrogens with two attached hydrogens (primary N) is 1. The number of amides is 2. The molecule has 2 N–H and O–H groups in total. The highest BCUT2D eigenvalue weighted by Gasteiger charge is 2.24. The Labute approximate surface area is 142 Å². The Hall–Kier alpha value is -1.75. The van der Waals surface area contributed by atoms with Crippen molar-refractivity contribution < 1.29 is 14.3 Å². The van der Waals surface area contributed by atoms with Crippen molar-refractivity contribution in [3.05, 3.63) is 28.8 Å².